The van der Waals surface area contributed by atoms with Crippen molar-refractivity contribution in [3.05, 3.63) is 0 Å². The molecule has 0 heterocycles. The minimum absolute atomic E-state index is 1.23. The molecule has 0 unspecified atom stereocenters. The van der Waals surface area contributed by atoms with Gasteiger partial charge < -0.3 is 0 Å². The van der Waals surface area contributed by atoms with Gasteiger partial charge >= 0.3 is 0 Å². The van der Waals surface area contributed by atoms with Crippen LogP contribution >= 0.6 is 23.9 Å². The number of hydrogen-bond acceptors (Lipinski definition) is 4. The van der Waals surface area contributed by atoms with Gasteiger partial charge in [-0.2, -0.15) is 0 Å². The highest BCUT2D eigenvalue weighted by molar-refractivity contribution is 8.00. The number of hydrogen-bond donors (Lipinski definition) is 0. The van der Waals surface area contributed by atoms with Gasteiger partial charge in [0.05, 0.1) is 0 Å². The Morgan fingerprint density at radius 1 is 0.556 bits per heavy atom. The summed E-state index contributed by atoms with van der Waals surface area (Å²) in [7, 11) is 0. The lowest BCUT2D eigenvalue weighted by Gasteiger charge is -2.22. The lowest BCUT2D eigenvalue weighted by Crippen LogP contribution is -2.20. The summed E-state index contributed by atoms with van der Waals surface area (Å²) in [6.45, 7) is 14.0. The first-order valence-electron chi connectivity index (χ1n) is 7.54. The zero-order valence-electron chi connectivity index (χ0n) is 12.8. The van der Waals surface area contributed by atoms with Crippen LogP contribution < -0.4 is 0 Å². The fourth-order valence-corrected chi connectivity index (χ4v) is 4.17. The molecule has 0 saturated carbocycles. The fourth-order valence-electron chi connectivity index (χ4n) is 1.81. The lowest BCUT2D eigenvalue weighted by molar-refractivity contribution is 0.465. The van der Waals surface area contributed by atoms with Crippen LogP contribution in [0, 0.1) is 0 Å². The summed E-state index contributed by atoms with van der Waals surface area (Å²) in [4.78, 5) is 0. The molecule has 110 valence electrons. The summed E-state index contributed by atoms with van der Waals surface area (Å²) in [5.41, 5.74) is 0. The summed E-state index contributed by atoms with van der Waals surface area (Å²) < 4.78 is 5.06. The van der Waals surface area contributed by atoms with Crippen LogP contribution in [0.1, 0.15) is 53.4 Å². The van der Waals surface area contributed by atoms with Crippen LogP contribution in [0.3, 0.4) is 0 Å². The van der Waals surface area contributed by atoms with Crippen LogP contribution in [0.25, 0.3) is 0 Å². The fraction of sp³-hybridized carbons (Fsp3) is 1.00. The van der Waals surface area contributed by atoms with Crippen molar-refractivity contribution in [1.29, 1.82) is 0 Å². The highest BCUT2D eigenvalue weighted by Gasteiger charge is 2.05. The van der Waals surface area contributed by atoms with E-state index < -0.39 is 0 Å². The predicted octanol–water partition coefficient (Wildman–Crippen LogP) is 4.53. The molecule has 0 rings (SSSR count). The second-order valence-electron chi connectivity index (χ2n) is 4.52. The van der Waals surface area contributed by atoms with E-state index in [4.69, 9.17) is 0 Å². The average Bonchev–Trinajstić information content (AvgIpc) is 2.35. The van der Waals surface area contributed by atoms with Crippen molar-refractivity contribution in [2.75, 3.05) is 37.7 Å². The Morgan fingerprint density at radius 2 is 0.833 bits per heavy atom. The Hall–Kier alpha value is 0.620. The van der Waals surface area contributed by atoms with Gasteiger partial charge in [0.1, 0.15) is 0 Å². The van der Waals surface area contributed by atoms with Crippen molar-refractivity contribution in [2.45, 2.75) is 53.4 Å². The molecule has 0 aromatic heterocycles. The van der Waals surface area contributed by atoms with Crippen molar-refractivity contribution < 1.29 is 0 Å². The van der Waals surface area contributed by atoms with E-state index in [-0.39, 0.29) is 0 Å². The summed E-state index contributed by atoms with van der Waals surface area (Å²) >= 11 is 4.07. The first-order valence-corrected chi connectivity index (χ1v) is 9.42. The molecule has 0 bridgehead atoms. The average molecular weight is 293 g/mol. The van der Waals surface area contributed by atoms with Crippen molar-refractivity contribution in [3.63, 3.8) is 0 Å². The Kier molecular flexibility index (Phi) is 14.5. The first-order chi connectivity index (χ1) is 8.78. The third-order valence-corrected chi connectivity index (χ3v) is 5.02. The second-order valence-corrected chi connectivity index (χ2v) is 6.89. The van der Waals surface area contributed by atoms with Crippen LogP contribution in [0.2, 0.25) is 0 Å². The van der Waals surface area contributed by atoms with Gasteiger partial charge in [0.25, 0.3) is 0 Å². The minimum Gasteiger partial charge on any atom is -0.251 e. The molecule has 0 aliphatic heterocycles. The van der Waals surface area contributed by atoms with Gasteiger partial charge in [-0.1, -0.05) is 51.6 Å². The molecule has 0 aromatic rings. The molecule has 4 heteroatoms. The van der Waals surface area contributed by atoms with Gasteiger partial charge in [0.2, 0.25) is 0 Å². The molecule has 0 aliphatic rings. The van der Waals surface area contributed by atoms with Crippen LogP contribution in [0.4, 0.5) is 0 Å². The smallest absolute Gasteiger partial charge is 0.0184 e. The molecule has 0 N–H and O–H groups in total. The third-order valence-electron chi connectivity index (χ3n) is 2.52. The molecule has 0 aliphatic carbocycles. The molecule has 0 amide bonds. The number of nitrogens with zero attached hydrogens (tertiary/aromatic N) is 2. The maximum Gasteiger partial charge on any atom is 0.0184 e. The van der Waals surface area contributed by atoms with E-state index in [1.165, 1.54) is 63.4 Å². The van der Waals surface area contributed by atoms with Gasteiger partial charge in [-0.05, 0) is 25.7 Å². The molecular weight excluding hydrogens is 260 g/mol. The van der Waals surface area contributed by atoms with Crippen molar-refractivity contribution in [1.82, 2.24) is 8.61 Å². The first kappa shape index (κ1) is 18.6. The Labute approximate surface area is 124 Å². The van der Waals surface area contributed by atoms with E-state index in [1.54, 1.807) is 0 Å². The molecule has 0 saturated heterocycles. The maximum atomic E-state index is 2.53. The van der Waals surface area contributed by atoms with Gasteiger partial charge in [-0.15, -0.1) is 0 Å². The van der Waals surface area contributed by atoms with Crippen molar-refractivity contribution in [3.8, 4) is 0 Å². The molecule has 18 heavy (non-hydrogen) atoms. The molecular formula is C14H32N2S2. The normalized spacial score (nSPS) is 11.7. The van der Waals surface area contributed by atoms with Gasteiger partial charge in [0.15, 0.2) is 0 Å². The van der Waals surface area contributed by atoms with E-state index in [9.17, 15) is 0 Å². The van der Waals surface area contributed by atoms with Crippen LogP contribution in [0.5, 0.6) is 0 Å². The zero-order chi connectivity index (χ0) is 13.6. The Bertz CT molecular complexity index is 138. The molecule has 0 spiro atoms. The zero-order valence-corrected chi connectivity index (χ0v) is 14.4. The number of rotatable bonds is 13. The van der Waals surface area contributed by atoms with E-state index in [1.807, 2.05) is 23.9 Å². The van der Waals surface area contributed by atoms with Crippen molar-refractivity contribution in [2.24, 2.45) is 0 Å². The Morgan fingerprint density at radius 3 is 1.06 bits per heavy atom. The van der Waals surface area contributed by atoms with E-state index in [0.717, 1.165) is 0 Å². The van der Waals surface area contributed by atoms with Crippen LogP contribution in [-0.4, -0.2) is 46.3 Å². The van der Waals surface area contributed by atoms with Crippen LogP contribution in [0.15, 0.2) is 0 Å². The lowest BCUT2D eigenvalue weighted by atomic mass is 10.4. The second kappa shape index (κ2) is 14.0. The summed E-state index contributed by atoms with van der Waals surface area (Å²) in [6, 6.07) is 0. The maximum absolute atomic E-state index is 2.53. The molecule has 0 radical (unpaired) electrons. The molecule has 0 fully saturated rings. The summed E-state index contributed by atoms with van der Waals surface area (Å²) in [5.74, 6) is 2.49. The van der Waals surface area contributed by atoms with Gasteiger partial charge in [-0.3, -0.25) is 8.61 Å². The molecule has 2 nitrogen and oxygen atoms in total. The summed E-state index contributed by atoms with van der Waals surface area (Å²) in [5, 5.41) is 0. The molecule has 0 aromatic carbocycles. The third kappa shape index (κ3) is 10.5. The monoisotopic (exact) mass is 292 g/mol. The minimum atomic E-state index is 1.23. The standard InChI is InChI=1S/C14H32N2S2/c1-5-9-15(10-6-2)17-13-14-18-16(11-7-3)12-8-4/h5-14H2,1-4H3. The largest absolute Gasteiger partial charge is 0.251 e. The topological polar surface area (TPSA) is 6.48 Å². The van der Waals surface area contributed by atoms with Crippen molar-refractivity contribution >= 4 is 23.9 Å². The van der Waals surface area contributed by atoms with Gasteiger partial charge in [0, 0.05) is 37.7 Å². The summed E-state index contributed by atoms with van der Waals surface area (Å²) in [6.07, 6.45) is 5.05. The SMILES string of the molecule is CCCN(CCC)SCCSN(CCC)CCC. The Balaban J connectivity index is 3.66. The highest BCUT2D eigenvalue weighted by Crippen LogP contribution is 2.17. The predicted molar refractivity (Wildman–Crippen MR) is 89.2 cm³/mol. The van der Waals surface area contributed by atoms with Gasteiger partial charge in [-0.25, -0.2) is 0 Å². The molecule has 0 atom stereocenters. The van der Waals surface area contributed by atoms with Crippen LogP contribution in [-0.2, 0) is 0 Å². The van der Waals surface area contributed by atoms with E-state index in [0.29, 0.717) is 0 Å². The van der Waals surface area contributed by atoms with E-state index in [2.05, 4.69) is 36.3 Å². The van der Waals surface area contributed by atoms with E-state index >= 15 is 0 Å². The quantitative estimate of drug-likeness (QED) is 0.363. The highest BCUT2D eigenvalue weighted by atomic mass is 32.2.